The number of carbonyl (C=O) groups is 1. The van der Waals surface area contributed by atoms with Crippen molar-refractivity contribution < 1.29 is 22.7 Å². The van der Waals surface area contributed by atoms with Gasteiger partial charge in [0, 0.05) is 0 Å². The molecule has 2 aromatic heterocycles. The van der Waals surface area contributed by atoms with E-state index in [1.165, 1.54) is 0 Å². The second kappa shape index (κ2) is 4.63. The summed E-state index contributed by atoms with van der Waals surface area (Å²) in [5.41, 5.74) is 1.27. The number of aromatic amines is 1. The first-order chi connectivity index (χ1) is 9.95. The molecule has 0 aliphatic rings. The Kier molecular flexibility index (Phi) is 2.91. The lowest BCUT2D eigenvalue weighted by Gasteiger charge is -2.01. The fraction of sp³-hybridized carbons (Fsp3) is 0. The van der Waals surface area contributed by atoms with E-state index in [9.17, 15) is 13.2 Å². The maximum absolute atomic E-state index is 12.1. The Morgan fingerprint density at radius 3 is 2.67 bits per heavy atom. The number of carboxylic acid groups (broad SMARTS) is 1. The molecule has 3 aromatic rings. The summed E-state index contributed by atoms with van der Waals surface area (Å²) in [7, 11) is -4.05. The molecule has 0 saturated heterocycles. The minimum absolute atomic E-state index is 0.0180. The van der Waals surface area contributed by atoms with Crippen molar-refractivity contribution in [1.29, 1.82) is 0 Å². The summed E-state index contributed by atoms with van der Waals surface area (Å²) in [6.45, 7) is 0. The van der Waals surface area contributed by atoms with Gasteiger partial charge in [-0.2, -0.15) is 8.42 Å². The Morgan fingerprint density at radius 2 is 2.00 bits per heavy atom. The Balaban J connectivity index is 1.93. The number of benzene rings is 1. The summed E-state index contributed by atoms with van der Waals surface area (Å²) >= 11 is 0. The lowest BCUT2D eigenvalue weighted by Crippen LogP contribution is -2.13. The molecule has 21 heavy (non-hydrogen) atoms. The second-order valence-electron chi connectivity index (χ2n) is 4.13. The number of H-pyrrole nitrogens is 1. The van der Waals surface area contributed by atoms with Gasteiger partial charge in [-0.25, -0.2) is 14.5 Å². The average molecular weight is 307 g/mol. The van der Waals surface area contributed by atoms with E-state index in [1.807, 2.05) is 0 Å². The third kappa shape index (κ3) is 2.46. The van der Waals surface area contributed by atoms with E-state index in [1.54, 1.807) is 24.3 Å². The number of carboxylic acids is 1. The molecule has 3 N–H and O–H groups in total. The van der Waals surface area contributed by atoms with E-state index in [2.05, 4.69) is 14.7 Å². The number of para-hydroxylation sites is 2. The Morgan fingerprint density at radius 1 is 1.24 bits per heavy atom. The zero-order chi connectivity index (χ0) is 15.0. The Hall–Kier alpha value is -2.81. The number of furan rings is 1. The molecule has 0 spiro atoms. The van der Waals surface area contributed by atoms with Gasteiger partial charge < -0.3 is 14.5 Å². The van der Waals surface area contributed by atoms with Crippen LogP contribution >= 0.6 is 0 Å². The minimum Gasteiger partial charge on any atom is -0.475 e. The third-order valence-electron chi connectivity index (χ3n) is 2.68. The highest BCUT2D eigenvalue weighted by molar-refractivity contribution is 7.92. The monoisotopic (exact) mass is 307 g/mol. The molecule has 0 aliphatic carbocycles. The molecule has 0 radical (unpaired) electrons. The van der Waals surface area contributed by atoms with Crippen molar-refractivity contribution in [1.82, 2.24) is 9.97 Å². The number of rotatable bonds is 4. The van der Waals surface area contributed by atoms with E-state index in [0.29, 0.717) is 11.0 Å². The van der Waals surface area contributed by atoms with E-state index in [-0.39, 0.29) is 5.95 Å². The summed E-state index contributed by atoms with van der Waals surface area (Å²) in [5, 5.41) is 8.22. The fourth-order valence-electron chi connectivity index (χ4n) is 1.76. The molecular formula is C12H9N3O5S. The largest absolute Gasteiger partial charge is 0.475 e. The number of nitrogens with one attached hydrogen (secondary N) is 2. The molecule has 0 aliphatic heterocycles. The van der Waals surface area contributed by atoms with E-state index in [0.717, 1.165) is 12.1 Å². The topological polar surface area (TPSA) is 125 Å². The van der Waals surface area contributed by atoms with Crippen molar-refractivity contribution in [2.75, 3.05) is 4.72 Å². The Labute approximate surface area is 118 Å². The number of aromatic carboxylic acids is 1. The van der Waals surface area contributed by atoms with Gasteiger partial charge >= 0.3 is 5.97 Å². The van der Waals surface area contributed by atoms with Crippen molar-refractivity contribution >= 4 is 33.0 Å². The first-order valence-electron chi connectivity index (χ1n) is 5.76. The summed E-state index contributed by atoms with van der Waals surface area (Å²) in [4.78, 5) is 17.5. The molecule has 9 heteroatoms. The molecule has 0 bridgehead atoms. The maximum Gasteiger partial charge on any atom is 0.371 e. The van der Waals surface area contributed by atoms with Crippen molar-refractivity contribution in [3.05, 3.63) is 42.2 Å². The third-order valence-corrected chi connectivity index (χ3v) is 3.89. The predicted molar refractivity (Wildman–Crippen MR) is 72.6 cm³/mol. The summed E-state index contributed by atoms with van der Waals surface area (Å²) in [6, 6.07) is 9.15. The molecule has 0 atom stereocenters. The van der Waals surface area contributed by atoms with Crippen LogP contribution in [0.3, 0.4) is 0 Å². The van der Waals surface area contributed by atoms with Crippen LogP contribution in [-0.4, -0.2) is 29.5 Å². The highest BCUT2D eigenvalue weighted by atomic mass is 32.2. The van der Waals surface area contributed by atoms with E-state index >= 15 is 0 Å². The summed E-state index contributed by atoms with van der Waals surface area (Å²) < 4.78 is 31.1. The molecule has 0 unspecified atom stereocenters. The lowest BCUT2D eigenvalue weighted by molar-refractivity contribution is 0.0656. The van der Waals surface area contributed by atoms with Gasteiger partial charge in [0.2, 0.25) is 16.8 Å². The molecule has 2 heterocycles. The van der Waals surface area contributed by atoms with Gasteiger partial charge in [0.15, 0.2) is 0 Å². The number of hydrogen-bond donors (Lipinski definition) is 3. The van der Waals surface area contributed by atoms with E-state index in [4.69, 9.17) is 9.52 Å². The number of imidazole rings is 1. The van der Waals surface area contributed by atoms with Crippen LogP contribution in [0.4, 0.5) is 5.95 Å². The van der Waals surface area contributed by atoms with Gasteiger partial charge in [-0.3, -0.25) is 0 Å². The number of hydrogen-bond acceptors (Lipinski definition) is 5. The van der Waals surface area contributed by atoms with Crippen LogP contribution in [0.2, 0.25) is 0 Å². The minimum atomic E-state index is -4.05. The fourth-order valence-corrected chi connectivity index (χ4v) is 2.66. The number of nitrogens with zero attached hydrogens (tertiary/aromatic N) is 1. The van der Waals surface area contributed by atoms with Gasteiger partial charge in [-0.1, -0.05) is 12.1 Å². The number of anilines is 1. The maximum atomic E-state index is 12.1. The van der Waals surface area contributed by atoms with Crippen molar-refractivity contribution in [2.45, 2.75) is 5.09 Å². The zero-order valence-corrected chi connectivity index (χ0v) is 11.2. The molecule has 108 valence electrons. The molecule has 1 aromatic carbocycles. The van der Waals surface area contributed by atoms with E-state index < -0.39 is 26.8 Å². The smallest absolute Gasteiger partial charge is 0.371 e. The van der Waals surface area contributed by atoms with Crippen molar-refractivity contribution in [3.63, 3.8) is 0 Å². The molecule has 8 nitrogen and oxygen atoms in total. The van der Waals surface area contributed by atoms with Gasteiger partial charge in [0.05, 0.1) is 11.0 Å². The van der Waals surface area contributed by atoms with Crippen LogP contribution in [0.1, 0.15) is 10.6 Å². The lowest BCUT2D eigenvalue weighted by atomic mass is 10.3. The average Bonchev–Trinajstić information content (AvgIpc) is 3.04. The van der Waals surface area contributed by atoms with Crippen LogP contribution in [0.5, 0.6) is 0 Å². The second-order valence-corrected chi connectivity index (χ2v) is 5.75. The van der Waals surface area contributed by atoms with Crippen LogP contribution in [-0.2, 0) is 10.0 Å². The number of sulfonamides is 1. The standard InChI is InChI=1S/C12H9N3O5S/c16-11(17)9-5-6-10(20-9)21(18,19)15-12-13-7-3-1-2-4-8(7)14-12/h1-6H,(H,16,17)(H2,13,14,15). The van der Waals surface area contributed by atoms with Gasteiger partial charge in [0.25, 0.3) is 10.0 Å². The predicted octanol–water partition coefficient (Wildman–Crippen LogP) is 1.65. The SMILES string of the molecule is O=C(O)c1ccc(S(=O)(=O)Nc2nc3ccccc3[nH]2)o1. The molecule has 0 saturated carbocycles. The highest BCUT2D eigenvalue weighted by Crippen LogP contribution is 2.19. The van der Waals surface area contributed by atoms with Crippen LogP contribution in [0, 0.1) is 0 Å². The van der Waals surface area contributed by atoms with Crippen molar-refractivity contribution in [3.8, 4) is 0 Å². The molecule has 3 rings (SSSR count). The van der Waals surface area contributed by atoms with Crippen LogP contribution < -0.4 is 4.72 Å². The zero-order valence-electron chi connectivity index (χ0n) is 10.4. The van der Waals surface area contributed by atoms with Crippen LogP contribution in [0.25, 0.3) is 11.0 Å². The Bertz CT molecular complexity index is 892. The van der Waals surface area contributed by atoms with Gasteiger partial charge in [-0.05, 0) is 24.3 Å². The summed E-state index contributed by atoms with van der Waals surface area (Å²) in [5.74, 6) is -1.79. The van der Waals surface area contributed by atoms with Gasteiger partial charge in [0.1, 0.15) is 0 Å². The molecule has 0 amide bonds. The number of aromatic nitrogens is 2. The first-order valence-corrected chi connectivity index (χ1v) is 7.25. The van der Waals surface area contributed by atoms with Crippen molar-refractivity contribution in [2.24, 2.45) is 0 Å². The highest BCUT2D eigenvalue weighted by Gasteiger charge is 2.22. The normalized spacial score (nSPS) is 11.6. The quantitative estimate of drug-likeness (QED) is 0.673. The van der Waals surface area contributed by atoms with Crippen LogP contribution in [0.15, 0.2) is 45.9 Å². The molecular weight excluding hydrogens is 298 g/mol. The molecule has 0 fully saturated rings. The first kappa shape index (κ1) is 13.2. The number of fused-ring (bicyclic) bond motifs is 1. The summed E-state index contributed by atoms with van der Waals surface area (Å²) in [6.07, 6.45) is 0. The van der Waals surface area contributed by atoms with Gasteiger partial charge in [-0.15, -0.1) is 0 Å².